The second kappa shape index (κ2) is 4.58. The van der Waals surface area contributed by atoms with Crippen LogP contribution < -0.4 is 10.5 Å². The highest BCUT2D eigenvalue weighted by Crippen LogP contribution is 2.17. The molecule has 0 saturated carbocycles. The normalized spacial score (nSPS) is 11.9. The molecule has 1 aromatic heterocycles. The van der Waals surface area contributed by atoms with E-state index in [2.05, 4.69) is 4.98 Å². The summed E-state index contributed by atoms with van der Waals surface area (Å²) < 4.78 is 5.34. The van der Waals surface area contributed by atoms with Crippen molar-refractivity contribution in [1.29, 1.82) is 5.26 Å². The minimum absolute atomic E-state index is 0.315. The molecule has 1 aromatic rings. The van der Waals surface area contributed by atoms with Gasteiger partial charge >= 0.3 is 0 Å². The zero-order valence-electron chi connectivity index (χ0n) is 8.32. The Hall–Kier alpha value is -1.60. The Morgan fingerprint density at radius 1 is 1.64 bits per heavy atom. The van der Waals surface area contributed by atoms with E-state index in [-0.39, 0.29) is 0 Å². The summed E-state index contributed by atoms with van der Waals surface area (Å²) in [5.41, 5.74) is 7.09. The smallest absolute Gasteiger partial charge is 0.181 e. The predicted octanol–water partition coefficient (Wildman–Crippen LogP) is 1.14. The van der Waals surface area contributed by atoms with Gasteiger partial charge in [-0.05, 0) is 26.0 Å². The van der Waals surface area contributed by atoms with Crippen molar-refractivity contribution in [2.45, 2.75) is 26.5 Å². The molecule has 0 aliphatic rings. The second-order valence-electron chi connectivity index (χ2n) is 2.99. The van der Waals surface area contributed by atoms with Crippen molar-refractivity contribution < 1.29 is 4.74 Å². The molecule has 0 aliphatic heterocycles. The van der Waals surface area contributed by atoms with E-state index in [0.717, 1.165) is 5.69 Å². The Morgan fingerprint density at radius 3 is 2.93 bits per heavy atom. The molecular weight excluding hydrogens is 178 g/mol. The SMILES string of the molecule is Cc1ccc(OC(C)C#N)c(CN)n1. The summed E-state index contributed by atoms with van der Waals surface area (Å²) in [6.07, 6.45) is -0.482. The molecule has 0 saturated heterocycles. The molecule has 1 atom stereocenters. The third kappa shape index (κ3) is 2.44. The molecule has 0 spiro atoms. The molecular formula is C10H13N3O. The van der Waals surface area contributed by atoms with Gasteiger partial charge in [0, 0.05) is 12.2 Å². The highest BCUT2D eigenvalue weighted by atomic mass is 16.5. The Kier molecular flexibility index (Phi) is 3.43. The van der Waals surface area contributed by atoms with E-state index in [9.17, 15) is 0 Å². The molecule has 4 nitrogen and oxygen atoms in total. The van der Waals surface area contributed by atoms with Crippen LogP contribution in [0.15, 0.2) is 12.1 Å². The van der Waals surface area contributed by atoms with Crippen LogP contribution in [0.1, 0.15) is 18.3 Å². The number of ether oxygens (including phenoxy) is 1. The molecule has 14 heavy (non-hydrogen) atoms. The first-order chi connectivity index (χ1) is 6.67. The number of nitriles is 1. The summed E-state index contributed by atoms with van der Waals surface area (Å²) in [5.74, 6) is 0.590. The van der Waals surface area contributed by atoms with Crippen LogP contribution in [-0.4, -0.2) is 11.1 Å². The number of hydrogen-bond donors (Lipinski definition) is 1. The monoisotopic (exact) mass is 191 g/mol. The fourth-order valence-corrected chi connectivity index (χ4v) is 1.07. The Labute approximate surface area is 83.3 Å². The summed E-state index contributed by atoms with van der Waals surface area (Å²) >= 11 is 0. The lowest BCUT2D eigenvalue weighted by Crippen LogP contribution is -2.12. The van der Waals surface area contributed by atoms with Crippen molar-refractivity contribution in [1.82, 2.24) is 4.98 Å². The quantitative estimate of drug-likeness (QED) is 0.777. The van der Waals surface area contributed by atoms with Crippen LogP contribution in [0.25, 0.3) is 0 Å². The molecule has 2 N–H and O–H groups in total. The van der Waals surface area contributed by atoms with Gasteiger partial charge in [0.2, 0.25) is 0 Å². The zero-order valence-corrected chi connectivity index (χ0v) is 8.32. The highest BCUT2D eigenvalue weighted by molar-refractivity contribution is 5.29. The topological polar surface area (TPSA) is 71.9 Å². The summed E-state index contributed by atoms with van der Waals surface area (Å²) in [6, 6.07) is 5.61. The van der Waals surface area contributed by atoms with Crippen molar-refractivity contribution >= 4 is 0 Å². The largest absolute Gasteiger partial charge is 0.474 e. The maximum absolute atomic E-state index is 8.59. The summed E-state index contributed by atoms with van der Waals surface area (Å²) in [5, 5.41) is 8.59. The number of pyridine rings is 1. The van der Waals surface area contributed by atoms with Crippen LogP contribution in [0, 0.1) is 18.3 Å². The lowest BCUT2D eigenvalue weighted by molar-refractivity contribution is 0.272. The molecule has 0 aliphatic carbocycles. The van der Waals surface area contributed by atoms with E-state index >= 15 is 0 Å². The molecule has 0 amide bonds. The van der Waals surface area contributed by atoms with Gasteiger partial charge in [-0.15, -0.1) is 0 Å². The van der Waals surface area contributed by atoms with Crippen molar-refractivity contribution in [2.24, 2.45) is 5.73 Å². The fourth-order valence-electron chi connectivity index (χ4n) is 1.07. The van der Waals surface area contributed by atoms with Crippen LogP contribution in [-0.2, 0) is 6.54 Å². The Bertz CT molecular complexity index is 357. The average Bonchev–Trinajstić information content (AvgIpc) is 2.20. The van der Waals surface area contributed by atoms with Gasteiger partial charge in [0.1, 0.15) is 11.8 Å². The molecule has 0 bridgehead atoms. The van der Waals surface area contributed by atoms with Gasteiger partial charge < -0.3 is 10.5 Å². The first-order valence-electron chi connectivity index (χ1n) is 4.40. The van der Waals surface area contributed by atoms with Crippen LogP contribution >= 0.6 is 0 Å². The van der Waals surface area contributed by atoms with E-state index < -0.39 is 6.10 Å². The van der Waals surface area contributed by atoms with Gasteiger partial charge in [0.15, 0.2) is 6.10 Å². The number of aryl methyl sites for hydroxylation is 1. The molecule has 74 valence electrons. The van der Waals surface area contributed by atoms with E-state index in [1.165, 1.54) is 0 Å². The molecule has 1 rings (SSSR count). The summed E-state index contributed by atoms with van der Waals surface area (Å²) in [4.78, 5) is 4.22. The first kappa shape index (κ1) is 10.5. The van der Waals surface area contributed by atoms with E-state index in [4.69, 9.17) is 15.7 Å². The van der Waals surface area contributed by atoms with Crippen LogP contribution in [0.5, 0.6) is 5.75 Å². The standard InChI is InChI=1S/C10H13N3O/c1-7-3-4-10(9(6-12)13-7)14-8(2)5-11/h3-4,8H,6,12H2,1-2H3. The lowest BCUT2D eigenvalue weighted by atomic mass is 10.3. The number of nitrogens with two attached hydrogens (primary N) is 1. The molecule has 0 aromatic carbocycles. The minimum atomic E-state index is -0.482. The minimum Gasteiger partial charge on any atom is -0.474 e. The van der Waals surface area contributed by atoms with Gasteiger partial charge in [-0.3, -0.25) is 4.98 Å². The van der Waals surface area contributed by atoms with E-state index in [1.54, 1.807) is 13.0 Å². The molecule has 0 radical (unpaired) electrons. The van der Waals surface area contributed by atoms with E-state index in [1.807, 2.05) is 19.1 Å². The molecule has 1 heterocycles. The van der Waals surface area contributed by atoms with Gasteiger partial charge in [0.05, 0.1) is 5.69 Å². The number of rotatable bonds is 3. The van der Waals surface area contributed by atoms with Crippen molar-refractivity contribution in [3.05, 3.63) is 23.5 Å². The maximum atomic E-state index is 8.59. The third-order valence-corrected chi connectivity index (χ3v) is 1.75. The van der Waals surface area contributed by atoms with Crippen molar-refractivity contribution in [3.63, 3.8) is 0 Å². The summed E-state index contributed by atoms with van der Waals surface area (Å²) in [7, 11) is 0. The fraction of sp³-hybridized carbons (Fsp3) is 0.400. The number of hydrogen-bond acceptors (Lipinski definition) is 4. The lowest BCUT2D eigenvalue weighted by Gasteiger charge is -2.11. The zero-order chi connectivity index (χ0) is 10.6. The van der Waals surface area contributed by atoms with Gasteiger partial charge in [-0.1, -0.05) is 0 Å². The van der Waals surface area contributed by atoms with Crippen molar-refractivity contribution in [3.8, 4) is 11.8 Å². The van der Waals surface area contributed by atoms with Crippen LogP contribution in [0.3, 0.4) is 0 Å². The average molecular weight is 191 g/mol. The van der Waals surface area contributed by atoms with Gasteiger partial charge in [0.25, 0.3) is 0 Å². The first-order valence-corrected chi connectivity index (χ1v) is 4.40. The van der Waals surface area contributed by atoms with E-state index in [0.29, 0.717) is 18.0 Å². The molecule has 4 heteroatoms. The van der Waals surface area contributed by atoms with Crippen LogP contribution in [0.4, 0.5) is 0 Å². The van der Waals surface area contributed by atoms with Gasteiger partial charge in [-0.25, -0.2) is 0 Å². The second-order valence-corrected chi connectivity index (χ2v) is 2.99. The maximum Gasteiger partial charge on any atom is 0.181 e. The number of aromatic nitrogens is 1. The number of nitrogens with zero attached hydrogens (tertiary/aromatic N) is 2. The summed E-state index contributed by atoms with van der Waals surface area (Å²) in [6.45, 7) is 3.88. The van der Waals surface area contributed by atoms with Crippen molar-refractivity contribution in [2.75, 3.05) is 0 Å². The third-order valence-electron chi connectivity index (χ3n) is 1.75. The Balaban J connectivity index is 2.92. The van der Waals surface area contributed by atoms with Crippen LogP contribution in [0.2, 0.25) is 0 Å². The predicted molar refractivity (Wildman–Crippen MR) is 52.6 cm³/mol. The highest BCUT2D eigenvalue weighted by Gasteiger charge is 2.07. The molecule has 0 fully saturated rings. The molecule has 1 unspecified atom stereocenters. The van der Waals surface area contributed by atoms with Gasteiger partial charge in [-0.2, -0.15) is 5.26 Å². The Morgan fingerprint density at radius 2 is 2.36 bits per heavy atom.